The Kier molecular flexibility index (Phi) is 12.5. The number of unbranched alkanes of at least 4 members (excludes halogenated alkanes) is 5. The monoisotopic (exact) mass is 358 g/mol. The number of ether oxygens (including phenoxy) is 2. The summed E-state index contributed by atoms with van der Waals surface area (Å²) in [5.74, 6) is -2.21. The van der Waals surface area contributed by atoms with E-state index in [1.165, 1.54) is 0 Å². The molecule has 0 unspecified atom stereocenters. The fourth-order valence-electron chi connectivity index (χ4n) is 1.48. The first kappa shape index (κ1) is 21.8. The van der Waals surface area contributed by atoms with Gasteiger partial charge < -0.3 is 9.47 Å². The molecule has 0 saturated heterocycles. The molecule has 0 aromatic carbocycles. The molecule has 0 aliphatic rings. The van der Waals surface area contributed by atoms with Gasteiger partial charge in [-0.15, -0.1) is 4.33 Å². The van der Waals surface area contributed by atoms with Crippen molar-refractivity contribution < 1.29 is 42.5 Å². The molecule has 0 fully saturated rings. The third-order valence-corrected chi connectivity index (χ3v) is 3.09. The van der Waals surface area contributed by atoms with Gasteiger partial charge in [0.2, 0.25) is 0 Å². The molecule has 0 amide bonds. The maximum Gasteiger partial charge on any atom is 0.415 e. The molecule has 1 N–H and O–H groups in total. The van der Waals surface area contributed by atoms with Gasteiger partial charge in [0, 0.05) is 6.08 Å². The fraction of sp³-hybridized carbons (Fsp3) is 0.692. The molecule has 134 valence electrons. The molecule has 7 nitrogen and oxygen atoms in total. The van der Waals surface area contributed by atoms with Crippen molar-refractivity contribution in [3.05, 3.63) is 12.7 Å². The minimum Gasteiger partial charge on any atom is -0.463 e. The molecule has 0 spiro atoms. The second kappa shape index (κ2) is 13.2. The number of carbonyl (C=O) groups excluding carboxylic acids is 2. The minimum atomic E-state index is -3.95. The lowest BCUT2D eigenvalue weighted by molar-refractivity contribution is -0.433. The van der Waals surface area contributed by atoms with E-state index in [2.05, 4.69) is 20.7 Å². The lowest BCUT2D eigenvalue weighted by Crippen LogP contribution is -2.27. The molecule has 0 atom stereocenters. The van der Waals surface area contributed by atoms with Gasteiger partial charge in [-0.2, -0.15) is 8.78 Å². The number of rotatable bonds is 14. The van der Waals surface area contributed by atoms with Crippen molar-refractivity contribution >= 4 is 24.0 Å². The van der Waals surface area contributed by atoms with Gasteiger partial charge in [0.05, 0.1) is 13.2 Å². The molecule has 0 heterocycles. The Hall–Kier alpha value is -1.23. The third kappa shape index (κ3) is 11.9. The van der Waals surface area contributed by atoms with Crippen LogP contribution in [0.5, 0.6) is 0 Å². The zero-order valence-electron chi connectivity index (χ0n) is 12.5. The Morgan fingerprint density at radius 1 is 1.04 bits per heavy atom. The third-order valence-electron chi connectivity index (χ3n) is 2.59. The van der Waals surface area contributed by atoms with Gasteiger partial charge in [0.1, 0.15) is 12.0 Å². The van der Waals surface area contributed by atoms with Gasteiger partial charge in [-0.05, 0) is 12.8 Å². The van der Waals surface area contributed by atoms with Gasteiger partial charge in [0.15, 0.2) is 0 Å². The van der Waals surface area contributed by atoms with Gasteiger partial charge in [-0.25, -0.2) is 14.8 Å². The Morgan fingerprint density at radius 2 is 1.57 bits per heavy atom. The van der Waals surface area contributed by atoms with Crippen LogP contribution in [-0.2, 0) is 28.4 Å². The predicted octanol–water partition coefficient (Wildman–Crippen LogP) is 3.26. The summed E-state index contributed by atoms with van der Waals surface area (Å²) in [6.07, 6.45) is 5.63. The molecule has 0 aromatic heterocycles. The molecule has 0 rings (SSSR count). The quantitative estimate of drug-likeness (QED) is 0.126. The predicted molar refractivity (Wildman–Crippen MR) is 77.2 cm³/mol. The highest BCUT2D eigenvalue weighted by Crippen LogP contribution is 2.31. The van der Waals surface area contributed by atoms with E-state index >= 15 is 0 Å². The van der Waals surface area contributed by atoms with Crippen LogP contribution in [0.2, 0.25) is 0 Å². The van der Waals surface area contributed by atoms with Crippen molar-refractivity contribution in [2.75, 3.05) is 13.2 Å². The number of carbonyl (C=O) groups is 2. The molecule has 23 heavy (non-hydrogen) atoms. The Morgan fingerprint density at radius 3 is 2.09 bits per heavy atom. The van der Waals surface area contributed by atoms with Crippen LogP contribution >= 0.6 is 12.0 Å². The molecule has 0 aliphatic carbocycles. The van der Waals surface area contributed by atoms with Crippen molar-refractivity contribution in [3.63, 3.8) is 0 Å². The zero-order valence-corrected chi connectivity index (χ0v) is 13.3. The Labute approximate surface area is 137 Å². The van der Waals surface area contributed by atoms with Gasteiger partial charge >= 0.3 is 17.2 Å². The van der Waals surface area contributed by atoms with Crippen LogP contribution in [0, 0.1) is 0 Å². The molecular formula is C13H20F2O7S. The van der Waals surface area contributed by atoms with Crippen LogP contribution in [0.1, 0.15) is 38.5 Å². The average Bonchev–Trinajstić information content (AvgIpc) is 2.54. The molecule has 10 heteroatoms. The van der Waals surface area contributed by atoms with Crippen LogP contribution in [0.3, 0.4) is 0 Å². The van der Waals surface area contributed by atoms with E-state index in [9.17, 15) is 18.4 Å². The van der Waals surface area contributed by atoms with Crippen LogP contribution in [-0.4, -0.2) is 35.7 Å². The largest absolute Gasteiger partial charge is 0.463 e. The molecule has 0 aliphatic heterocycles. The van der Waals surface area contributed by atoms with E-state index in [4.69, 9.17) is 9.99 Å². The number of halogens is 2. The first-order chi connectivity index (χ1) is 10.9. The summed E-state index contributed by atoms with van der Waals surface area (Å²) in [4.78, 5) is 21.7. The fourth-order valence-corrected chi connectivity index (χ4v) is 1.73. The van der Waals surface area contributed by atoms with Crippen molar-refractivity contribution in [1.82, 2.24) is 0 Å². The lowest BCUT2D eigenvalue weighted by atomic mass is 10.1. The van der Waals surface area contributed by atoms with Gasteiger partial charge in [-0.3, -0.25) is 0 Å². The molecule has 0 radical (unpaired) electrons. The highest BCUT2D eigenvalue weighted by atomic mass is 32.2. The van der Waals surface area contributed by atoms with Crippen LogP contribution in [0.15, 0.2) is 12.7 Å². The van der Waals surface area contributed by atoms with Crippen LogP contribution in [0.25, 0.3) is 0 Å². The van der Waals surface area contributed by atoms with Gasteiger partial charge in [-0.1, -0.05) is 37.3 Å². The summed E-state index contributed by atoms with van der Waals surface area (Å²) in [7, 11) is 0. The van der Waals surface area contributed by atoms with Crippen molar-refractivity contribution in [2.45, 2.75) is 43.8 Å². The summed E-state index contributed by atoms with van der Waals surface area (Å²) in [5.41, 5.74) is 0. The molecular weight excluding hydrogens is 338 g/mol. The first-order valence-electron chi connectivity index (χ1n) is 6.94. The van der Waals surface area contributed by atoms with E-state index in [-0.39, 0.29) is 6.61 Å². The number of hydrogen-bond donors (Lipinski definition) is 1. The highest BCUT2D eigenvalue weighted by molar-refractivity contribution is 7.96. The Bertz CT molecular complexity index is 366. The smallest absolute Gasteiger partial charge is 0.415 e. The summed E-state index contributed by atoms with van der Waals surface area (Å²) in [6.45, 7) is 3.49. The highest BCUT2D eigenvalue weighted by Gasteiger charge is 2.44. The normalized spacial score (nSPS) is 11.1. The lowest BCUT2D eigenvalue weighted by Gasteiger charge is -2.12. The minimum absolute atomic E-state index is 0.133. The zero-order chi connectivity index (χ0) is 17.6. The number of alkyl halides is 2. The number of hydrogen-bond acceptors (Lipinski definition) is 8. The first-order valence-corrected chi connectivity index (χ1v) is 7.68. The molecule has 0 bridgehead atoms. The second-order valence-corrected chi connectivity index (χ2v) is 5.19. The topological polar surface area (TPSA) is 91.3 Å². The van der Waals surface area contributed by atoms with E-state index in [1.54, 1.807) is 0 Å². The summed E-state index contributed by atoms with van der Waals surface area (Å²) in [5, 5.41) is 6.78. The van der Waals surface area contributed by atoms with E-state index in [1.807, 2.05) is 0 Å². The van der Waals surface area contributed by atoms with Gasteiger partial charge in [0.25, 0.3) is 0 Å². The van der Waals surface area contributed by atoms with Crippen molar-refractivity contribution in [3.8, 4) is 0 Å². The van der Waals surface area contributed by atoms with Crippen molar-refractivity contribution in [1.29, 1.82) is 0 Å². The molecule has 0 aromatic rings. The molecule has 0 saturated carbocycles. The van der Waals surface area contributed by atoms with Crippen LogP contribution in [0.4, 0.5) is 8.78 Å². The summed E-state index contributed by atoms with van der Waals surface area (Å²) >= 11 is -0.652. The summed E-state index contributed by atoms with van der Waals surface area (Å²) in [6, 6.07) is 0. The standard InChI is InChI=1S/C13H20F2O7S/c1-2-11(16)19-9-7-5-3-4-6-8-10-20-12(17)13(14,15)23-22-21-18/h2,18H,1,3-10H2. The average molecular weight is 358 g/mol. The van der Waals surface area contributed by atoms with Crippen molar-refractivity contribution in [2.24, 2.45) is 0 Å². The van der Waals surface area contributed by atoms with E-state index in [0.717, 1.165) is 31.8 Å². The maximum atomic E-state index is 13.0. The summed E-state index contributed by atoms with van der Waals surface area (Å²) < 4.78 is 38.6. The van der Waals surface area contributed by atoms with Crippen LogP contribution < -0.4 is 0 Å². The SMILES string of the molecule is C=CC(=O)OCCCCCCCCOC(=O)C(F)(F)SOOO. The Balaban J connectivity index is 3.47. The number of esters is 2. The maximum absolute atomic E-state index is 13.0. The van der Waals surface area contributed by atoms with E-state index in [0.29, 0.717) is 19.4 Å². The second-order valence-electron chi connectivity index (χ2n) is 4.37. The van der Waals surface area contributed by atoms with E-state index < -0.39 is 29.2 Å².